The van der Waals surface area contributed by atoms with Crippen molar-refractivity contribution in [1.29, 1.82) is 0 Å². The SMILES string of the molecule is COC(O)(c1cscn1)c1nccn1C. The van der Waals surface area contributed by atoms with Crippen molar-refractivity contribution in [3.05, 3.63) is 34.8 Å². The van der Waals surface area contributed by atoms with Crippen LogP contribution in [0.5, 0.6) is 0 Å². The molecule has 80 valence electrons. The van der Waals surface area contributed by atoms with Gasteiger partial charge in [-0.05, 0) is 0 Å². The van der Waals surface area contributed by atoms with Gasteiger partial charge in [-0.1, -0.05) is 0 Å². The number of aromatic nitrogens is 3. The summed E-state index contributed by atoms with van der Waals surface area (Å²) >= 11 is 1.40. The average molecular weight is 225 g/mol. The standard InChI is InChI=1S/C9H11N3O2S/c1-12-4-3-10-8(12)9(13,14-2)7-5-15-6-11-7/h3-6,13H,1-2H3. The molecule has 2 aromatic rings. The summed E-state index contributed by atoms with van der Waals surface area (Å²) < 4.78 is 6.82. The molecule has 2 rings (SSSR count). The highest BCUT2D eigenvalue weighted by atomic mass is 32.1. The summed E-state index contributed by atoms with van der Waals surface area (Å²) in [5.41, 5.74) is 2.09. The molecular formula is C9H11N3O2S. The molecule has 15 heavy (non-hydrogen) atoms. The third-order valence-electron chi connectivity index (χ3n) is 2.20. The lowest BCUT2D eigenvalue weighted by Gasteiger charge is -2.23. The Kier molecular flexibility index (Phi) is 2.56. The number of methoxy groups -OCH3 is 1. The fourth-order valence-corrected chi connectivity index (χ4v) is 1.97. The molecule has 1 N–H and O–H groups in total. The van der Waals surface area contributed by atoms with Crippen LogP contribution in [0.3, 0.4) is 0 Å². The van der Waals surface area contributed by atoms with Crippen LogP contribution < -0.4 is 0 Å². The Morgan fingerprint density at radius 3 is 2.80 bits per heavy atom. The zero-order valence-corrected chi connectivity index (χ0v) is 9.23. The normalized spacial score (nSPS) is 15.1. The molecule has 0 saturated heterocycles. The monoisotopic (exact) mass is 225 g/mol. The van der Waals surface area contributed by atoms with Crippen molar-refractivity contribution in [2.45, 2.75) is 5.79 Å². The first-order valence-corrected chi connectivity index (χ1v) is 5.26. The second-order valence-corrected chi connectivity index (χ2v) is 3.80. The van der Waals surface area contributed by atoms with Crippen LogP contribution in [0.25, 0.3) is 0 Å². The molecule has 0 fully saturated rings. The summed E-state index contributed by atoms with van der Waals surface area (Å²) in [6, 6.07) is 0. The molecule has 0 aliphatic carbocycles. The van der Waals surface area contributed by atoms with E-state index in [9.17, 15) is 5.11 Å². The Hall–Kier alpha value is -1.24. The van der Waals surface area contributed by atoms with Crippen molar-refractivity contribution in [1.82, 2.24) is 14.5 Å². The van der Waals surface area contributed by atoms with E-state index in [0.29, 0.717) is 11.5 Å². The van der Waals surface area contributed by atoms with E-state index < -0.39 is 5.79 Å². The van der Waals surface area contributed by atoms with Crippen molar-refractivity contribution in [3.63, 3.8) is 0 Å². The second-order valence-electron chi connectivity index (χ2n) is 3.08. The first kappa shape index (κ1) is 10.3. The van der Waals surface area contributed by atoms with Crippen molar-refractivity contribution < 1.29 is 9.84 Å². The Bertz CT molecular complexity index is 440. The molecule has 0 saturated carbocycles. The van der Waals surface area contributed by atoms with E-state index in [2.05, 4.69) is 9.97 Å². The lowest BCUT2D eigenvalue weighted by atomic mass is 10.2. The maximum atomic E-state index is 10.4. The smallest absolute Gasteiger partial charge is 0.271 e. The molecule has 2 heterocycles. The minimum Gasteiger partial charge on any atom is -0.355 e. The highest BCUT2D eigenvalue weighted by molar-refractivity contribution is 7.07. The number of hydrogen-bond acceptors (Lipinski definition) is 5. The minimum atomic E-state index is -1.57. The van der Waals surface area contributed by atoms with Crippen molar-refractivity contribution >= 4 is 11.3 Å². The molecule has 0 amide bonds. The Balaban J connectivity index is 2.51. The molecule has 2 aromatic heterocycles. The Morgan fingerprint density at radius 1 is 1.53 bits per heavy atom. The van der Waals surface area contributed by atoms with Crippen molar-refractivity contribution in [2.24, 2.45) is 7.05 Å². The summed E-state index contributed by atoms with van der Waals surface area (Å²) in [7, 11) is 3.21. The number of imidazole rings is 1. The summed E-state index contributed by atoms with van der Waals surface area (Å²) in [5, 5.41) is 12.1. The highest BCUT2D eigenvalue weighted by Gasteiger charge is 2.37. The molecule has 0 radical (unpaired) electrons. The van der Waals surface area contributed by atoms with Gasteiger partial charge in [0.25, 0.3) is 5.79 Å². The zero-order valence-electron chi connectivity index (χ0n) is 8.41. The maximum Gasteiger partial charge on any atom is 0.271 e. The highest BCUT2D eigenvalue weighted by Crippen LogP contribution is 2.28. The number of hydrogen-bond donors (Lipinski definition) is 1. The topological polar surface area (TPSA) is 60.2 Å². The molecule has 1 atom stereocenters. The number of rotatable bonds is 3. The third-order valence-corrected chi connectivity index (χ3v) is 2.79. The summed E-state index contributed by atoms with van der Waals surface area (Å²) in [6.45, 7) is 0. The third kappa shape index (κ3) is 1.56. The number of aryl methyl sites for hydroxylation is 1. The van der Waals surface area contributed by atoms with E-state index in [1.165, 1.54) is 18.4 Å². The molecule has 0 aromatic carbocycles. The summed E-state index contributed by atoms with van der Waals surface area (Å²) in [4.78, 5) is 8.11. The first-order valence-electron chi connectivity index (χ1n) is 4.32. The fourth-order valence-electron chi connectivity index (χ4n) is 1.38. The molecule has 6 heteroatoms. The minimum absolute atomic E-state index is 0.413. The van der Waals surface area contributed by atoms with Crippen LogP contribution in [-0.2, 0) is 17.6 Å². The predicted octanol–water partition coefficient (Wildman–Crippen LogP) is 0.716. The van der Waals surface area contributed by atoms with Crippen molar-refractivity contribution in [2.75, 3.05) is 7.11 Å². The lowest BCUT2D eigenvalue weighted by Crippen LogP contribution is -2.33. The van der Waals surface area contributed by atoms with Gasteiger partial charge in [0, 0.05) is 31.9 Å². The van der Waals surface area contributed by atoms with Gasteiger partial charge in [-0.3, -0.25) is 0 Å². The summed E-state index contributed by atoms with van der Waals surface area (Å²) in [6.07, 6.45) is 3.34. The van der Waals surface area contributed by atoms with Gasteiger partial charge in [-0.25, -0.2) is 9.97 Å². The van der Waals surface area contributed by atoms with Crippen molar-refractivity contribution in [3.8, 4) is 0 Å². The van der Waals surface area contributed by atoms with E-state index in [1.807, 2.05) is 0 Å². The number of thiazole rings is 1. The predicted molar refractivity (Wildman–Crippen MR) is 55.3 cm³/mol. The number of ether oxygens (including phenoxy) is 1. The first-order chi connectivity index (χ1) is 7.18. The summed E-state index contributed by atoms with van der Waals surface area (Å²) in [5.74, 6) is -1.16. The average Bonchev–Trinajstić information content (AvgIpc) is 2.87. The van der Waals surface area contributed by atoms with E-state index in [-0.39, 0.29) is 0 Å². The van der Waals surface area contributed by atoms with E-state index in [1.54, 1.807) is 34.9 Å². The molecule has 0 aliphatic rings. The van der Waals surface area contributed by atoms with Gasteiger partial charge in [0.15, 0.2) is 5.82 Å². The van der Waals surface area contributed by atoms with Gasteiger partial charge < -0.3 is 14.4 Å². The largest absolute Gasteiger partial charge is 0.355 e. The zero-order chi connectivity index (χ0) is 10.9. The van der Waals surface area contributed by atoms with Crippen LogP contribution >= 0.6 is 11.3 Å². The Morgan fingerprint density at radius 2 is 2.33 bits per heavy atom. The van der Waals surface area contributed by atoms with Crippen LogP contribution in [-0.4, -0.2) is 26.8 Å². The molecule has 5 nitrogen and oxygen atoms in total. The van der Waals surface area contributed by atoms with Crippen LogP contribution in [0, 0.1) is 0 Å². The maximum absolute atomic E-state index is 10.4. The Labute approximate surface area is 91.0 Å². The van der Waals surface area contributed by atoms with Crippen LogP contribution in [0.15, 0.2) is 23.3 Å². The van der Waals surface area contributed by atoms with E-state index in [0.717, 1.165) is 0 Å². The van der Waals surface area contributed by atoms with Gasteiger partial charge >= 0.3 is 0 Å². The molecule has 0 aliphatic heterocycles. The van der Waals surface area contributed by atoms with Crippen LogP contribution in [0.4, 0.5) is 0 Å². The van der Waals surface area contributed by atoms with Gasteiger partial charge in [0.05, 0.1) is 5.51 Å². The molecule has 0 bridgehead atoms. The quantitative estimate of drug-likeness (QED) is 0.782. The van der Waals surface area contributed by atoms with E-state index in [4.69, 9.17) is 4.74 Å². The fraction of sp³-hybridized carbons (Fsp3) is 0.333. The molecule has 1 unspecified atom stereocenters. The van der Waals surface area contributed by atoms with Gasteiger partial charge in [0.2, 0.25) is 0 Å². The van der Waals surface area contributed by atoms with Crippen LogP contribution in [0.2, 0.25) is 0 Å². The molecule has 0 spiro atoms. The number of nitrogens with zero attached hydrogens (tertiary/aromatic N) is 3. The van der Waals surface area contributed by atoms with Gasteiger partial charge in [-0.2, -0.15) is 0 Å². The van der Waals surface area contributed by atoms with Gasteiger partial charge in [-0.15, -0.1) is 11.3 Å². The van der Waals surface area contributed by atoms with E-state index >= 15 is 0 Å². The second kappa shape index (κ2) is 3.73. The lowest BCUT2D eigenvalue weighted by molar-refractivity contribution is -0.169. The van der Waals surface area contributed by atoms with Crippen LogP contribution in [0.1, 0.15) is 11.5 Å². The molecular weight excluding hydrogens is 214 g/mol. The van der Waals surface area contributed by atoms with Gasteiger partial charge in [0.1, 0.15) is 5.69 Å². The number of aliphatic hydroxyl groups is 1.